The van der Waals surface area contributed by atoms with Crippen LogP contribution in [0.1, 0.15) is 29.6 Å². The van der Waals surface area contributed by atoms with E-state index < -0.39 is 10.0 Å². The number of H-pyrrole nitrogens is 1. The highest BCUT2D eigenvalue weighted by atomic mass is 32.2. The SMILES string of the molecule is CCS(=O)(=O)N1CCc2nc(Cc3ccccc3F)[nH]c(=O)c2C1. The summed E-state index contributed by atoms with van der Waals surface area (Å²) in [6.45, 7) is 1.91. The van der Waals surface area contributed by atoms with Gasteiger partial charge in [0, 0.05) is 25.9 Å². The van der Waals surface area contributed by atoms with E-state index in [9.17, 15) is 17.6 Å². The van der Waals surface area contributed by atoms with Crippen molar-refractivity contribution in [2.24, 2.45) is 0 Å². The van der Waals surface area contributed by atoms with Gasteiger partial charge >= 0.3 is 0 Å². The summed E-state index contributed by atoms with van der Waals surface area (Å²) in [5.74, 6) is 0.0349. The maximum absolute atomic E-state index is 13.7. The maximum Gasteiger partial charge on any atom is 0.255 e. The van der Waals surface area contributed by atoms with Crippen molar-refractivity contribution >= 4 is 10.0 Å². The van der Waals surface area contributed by atoms with Crippen LogP contribution < -0.4 is 5.56 Å². The smallest absolute Gasteiger partial charge is 0.255 e. The Labute approximate surface area is 139 Å². The van der Waals surface area contributed by atoms with Crippen molar-refractivity contribution in [3.8, 4) is 0 Å². The number of fused-ring (bicyclic) bond motifs is 1. The van der Waals surface area contributed by atoms with Gasteiger partial charge in [-0.15, -0.1) is 0 Å². The molecule has 128 valence electrons. The number of nitrogens with zero attached hydrogens (tertiary/aromatic N) is 2. The molecule has 0 unspecified atom stereocenters. The third kappa shape index (κ3) is 3.25. The van der Waals surface area contributed by atoms with Gasteiger partial charge in [0.05, 0.1) is 17.0 Å². The normalized spacial score (nSPS) is 15.2. The van der Waals surface area contributed by atoms with Gasteiger partial charge in [-0.2, -0.15) is 4.31 Å². The fourth-order valence-electron chi connectivity index (χ4n) is 2.78. The van der Waals surface area contributed by atoms with Crippen LogP contribution in [0, 0.1) is 5.82 Å². The Morgan fingerprint density at radius 3 is 2.79 bits per heavy atom. The number of halogens is 1. The quantitative estimate of drug-likeness (QED) is 0.897. The lowest BCUT2D eigenvalue weighted by Crippen LogP contribution is -2.40. The zero-order valence-electron chi connectivity index (χ0n) is 13.3. The summed E-state index contributed by atoms with van der Waals surface area (Å²) in [6.07, 6.45) is 0.564. The van der Waals surface area contributed by atoms with E-state index in [-0.39, 0.29) is 30.1 Å². The molecule has 1 aromatic carbocycles. The Kier molecular flexibility index (Phi) is 4.51. The molecule has 1 aliphatic heterocycles. The average Bonchev–Trinajstić information content (AvgIpc) is 2.56. The molecule has 1 aliphatic rings. The van der Waals surface area contributed by atoms with Crippen LogP contribution in [0.2, 0.25) is 0 Å². The van der Waals surface area contributed by atoms with Crippen LogP contribution in [0.25, 0.3) is 0 Å². The molecule has 8 heteroatoms. The first-order valence-corrected chi connectivity index (χ1v) is 9.34. The fourth-order valence-corrected chi connectivity index (χ4v) is 3.84. The van der Waals surface area contributed by atoms with Crippen LogP contribution in [0.3, 0.4) is 0 Å². The molecule has 0 amide bonds. The van der Waals surface area contributed by atoms with Gasteiger partial charge in [-0.05, 0) is 18.6 Å². The summed E-state index contributed by atoms with van der Waals surface area (Å²) in [7, 11) is -3.34. The first-order chi connectivity index (χ1) is 11.4. The molecule has 1 N–H and O–H groups in total. The van der Waals surface area contributed by atoms with E-state index >= 15 is 0 Å². The van der Waals surface area contributed by atoms with Gasteiger partial charge in [0.25, 0.3) is 5.56 Å². The van der Waals surface area contributed by atoms with Crippen LogP contribution in [-0.2, 0) is 29.4 Å². The van der Waals surface area contributed by atoms with Gasteiger partial charge in [0.2, 0.25) is 10.0 Å². The maximum atomic E-state index is 13.7. The highest BCUT2D eigenvalue weighted by Crippen LogP contribution is 2.18. The van der Waals surface area contributed by atoms with E-state index in [1.807, 2.05) is 0 Å². The Hall–Kier alpha value is -2.06. The second-order valence-electron chi connectivity index (χ2n) is 5.69. The first-order valence-electron chi connectivity index (χ1n) is 7.73. The summed E-state index contributed by atoms with van der Waals surface area (Å²) in [5.41, 5.74) is 1.05. The molecule has 0 aliphatic carbocycles. The Morgan fingerprint density at radius 1 is 1.33 bits per heavy atom. The van der Waals surface area contributed by atoms with Crippen molar-refractivity contribution in [2.45, 2.75) is 26.3 Å². The van der Waals surface area contributed by atoms with Crippen LogP contribution in [0.4, 0.5) is 4.39 Å². The molecule has 0 saturated carbocycles. The summed E-state index contributed by atoms with van der Waals surface area (Å²) >= 11 is 0. The molecule has 2 heterocycles. The molecule has 1 aromatic heterocycles. The van der Waals surface area contributed by atoms with Crippen LogP contribution in [0.5, 0.6) is 0 Å². The number of hydrogen-bond acceptors (Lipinski definition) is 4. The molecule has 3 rings (SSSR count). The van der Waals surface area contributed by atoms with Crippen LogP contribution in [-0.4, -0.2) is 35.0 Å². The minimum absolute atomic E-state index is 0.000958. The predicted octanol–water partition coefficient (Wildman–Crippen LogP) is 1.21. The standard InChI is InChI=1S/C16H18FN3O3S/c1-2-24(22,23)20-8-7-14-12(10-20)16(21)19-15(18-14)9-11-5-3-4-6-13(11)17/h3-6H,2,7-10H2,1H3,(H,18,19,21). The molecular weight excluding hydrogens is 333 g/mol. The highest BCUT2D eigenvalue weighted by Gasteiger charge is 2.28. The average molecular weight is 351 g/mol. The summed E-state index contributed by atoms with van der Waals surface area (Å²) in [4.78, 5) is 19.4. The van der Waals surface area contributed by atoms with Crippen molar-refractivity contribution in [1.29, 1.82) is 0 Å². The number of hydrogen-bond donors (Lipinski definition) is 1. The minimum atomic E-state index is -3.34. The van der Waals surface area contributed by atoms with Crippen LogP contribution >= 0.6 is 0 Å². The number of aromatic amines is 1. The van der Waals surface area contributed by atoms with Gasteiger partial charge in [0.15, 0.2) is 0 Å². The van der Waals surface area contributed by atoms with Crippen molar-refractivity contribution < 1.29 is 12.8 Å². The third-order valence-corrected chi connectivity index (χ3v) is 5.98. The molecule has 0 bridgehead atoms. The molecule has 0 fully saturated rings. The second-order valence-corrected chi connectivity index (χ2v) is 7.95. The van der Waals surface area contributed by atoms with Gasteiger partial charge in [-0.3, -0.25) is 4.79 Å². The summed E-state index contributed by atoms with van der Waals surface area (Å²) in [5, 5.41) is 0. The molecule has 0 saturated heterocycles. The van der Waals surface area contributed by atoms with E-state index in [1.54, 1.807) is 25.1 Å². The molecule has 24 heavy (non-hydrogen) atoms. The van der Waals surface area contributed by atoms with Gasteiger partial charge in [0.1, 0.15) is 11.6 Å². The molecule has 6 nitrogen and oxygen atoms in total. The Bertz CT molecular complexity index is 924. The highest BCUT2D eigenvalue weighted by molar-refractivity contribution is 7.89. The first kappa shape index (κ1) is 16.8. The topological polar surface area (TPSA) is 83.1 Å². The van der Waals surface area contributed by atoms with Gasteiger partial charge < -0.3 is 4.98 Å². The van der Waals surface area contributed by atoms with Crippen molar-refractivity contribution in [3.63, 3.8) is 0 Å². The number of benzene rings is 1. The molecule has 2 aromatic rings. The molecule has 0 atom stereocenters. The lowest BCUT2D eigenvalue weighted by atomic mass is 10.1. The lowest BCUT2D eigenvalue weighted by Gasteiger charge is -2.26. The van der Waals surface area contributed by atoms with E-state index in [1.165, 1.54) is 10.4 Å². The number of nitrogens with one attached hydrogen (secondary N) is 1. The van der Waals surface area contributed by atoms with E-state index in [0.717, 1.165) is 0 Å². The van der Waals surface area contributed by atoms with E-state index in [0.29, 0.717) is 35.6 Å². The number of rotatable bonds is 4. The molecular formula is C16H18FN3O3S. The third-order valence-electron chi connectivity index (χ3n) is 4.16. The predicted molar refractivity (Wildman–Crippen MR) is 87.6 cm³/mol. The monoisotopic (exact) mass is 351 g/mol. The van der Waals surface area contributed by atoms with Crippen molar-refractivity contribution in [1.82, 2.24) is 14.3 Å². The van der Waals surface area contributed by atoms with Crippen molar-refractivity contribution in [2.75, 3.05) is 12.3 Å². The number of aromatic nitrogens is 2. The van der Waals surface area contributed by atoms with Gasteiger partial charge in [-0.1, -0.05) is 18.2 Å². The largest absolute Gasteiger partial charge is 0.310 e. The van der Waals surface area contributed by atoms with E-state index in [2.05, 4.69) is 9.97 Å². The lowest BCUT2D eigenvalue weighted by molar-refractivity contribution is 0.385. The van der Waals surface area contributed by atoms with Crippen LogP contribution in [0.15, 0.2) is 29.1 Å². The van der Waals surface area contributed by atoms with E-state index in [4.69, 9.17) is 0 Å². The Morgan fingerprint density at radius 2 is 2.08 bits per heavy atom. The number of sulfonamides is 1. The second kappa shape index (κ2) is 6.45. The summed E-state index contributed by atoms with van der Waals surface area (Å²) < 4.78 is 39.0. The fraction of sp³-hybridized carbons (Fsp3) is 0.375. The Balaban J connectivity index is 1.90. The van der Waals surface area contributed by atoms with Gasteiger partial charge in [-0.25, -0.2) is 17.8 Å². The summed E-state index contributed by atoms with van der Waals surface area (Å²) in [6, 6.07) is 6.33. The zero-order valence-corrected chi connectivity index (χ0v) is 14.1. The zero-order chi connectivity index (χ0) is 17.3. The molecule has 0 spiro atoms. The molecule has 0 radical (unpaired) electrons. The minimum Gasteiger partial charge on any atom is -0.310 e. The van der Waals surface area contributed by atoms with Crippen molar-refractivity contribution in [3.05, 3.63) is 63.1 Å².